The van der Waals surface area contributed by atoms with Gasteiger partial charge in [0.15, 0.2) is 11.2 Å². The number of rotatable bonds is 6. The Hall–Kier alpha value is -8.02. The number of hydrogen-bond acceptors (Lipinski definition) is 4. The van der Waals surface area contributed by atoms with Crippen LogP contribution in [0.15, 0.2) is 209 Å². The number of aromatic nitrogens is 3. The van der Waals surface area contributed by atoms with E-state index in [1.807, 2.05) is 36.4 Å². The quantitative estimate of drug-likeness (QED) is 0.170. The fourth-order valence-corrected chi connectivity index (χ4v) is 8.46. The minimum Gasteiger partial charge on any atom is -0.436 e. The van der Waals surface area contributed by atoms with Gasteiger partial charge in [0, 0.05) is 27.6 Å². The van der Waals surface area contributed by atoms with Crippen molar-refractivity contribution >= 4 is 54.8 Å². The van der Waals surface area contributed by atoms with Gasteiger partial charge in [-0.15, -0.1) is 0 Å². The molecule has 0 saturated heterocycles. The van der Waals surface area contributed by atoms with Gasteiger partial charge in [0.1, 0.15) is 11.0 Å². The van der Waals surface area contributed by atoms with Gasteiger partial charge in [0.05, 0.1) is 11.0 Å². The maximum atomic E-state index is 6.48. The van der Waals surface area contributed by atoms with Crippen LogP contribution in [0.2, 0.25) is 0 Å². The molecule has 3 heterocycles. The second kappa shape index (κ2) is 13.3. The molecule has 5 heteroatoms. The van der Waals surface area contributed by atoms with E-state index in [1.54, 1.807) is 0 Å². The molecule has 0 aliphatic rings. The second-order valence-corrected chi connectivity index (χ2v) is 15.0. The minimum absolute atomic E-state index is 0.581. The van der Waals surface area contributed by atoms with Crippen LogP contribution < -0.4 is 0 Å². The van der Waals surface area contributed by atoms with Crippen molar-refractivity contribution in [3.63, 3.8) is 0 Å². The summed E-state index contributed by atoms with van der Waals surface area (Å²) >= 11 is 0. The van der Waals surface area contributed by atoms with Gasteiger partial charge in [-0.3, -0.25) is 0 Å². The summed E-state index contributed by atoms with van der Waals surface area (Å²) in [5, 5.41) is 4.62. The Kier molecular flexibility index (Phi) is 7.47. The van der Waals surface area contributed by atoms with Crippen LogP contribution in [0.4, 0.5) is 0 Å². The summed E-state index contributed by atoms with van der Waals surface area (Å²) in [5.74, 6) is 1.16. The average molecular weight is 756 g/mol. The van der Waals surface area contributed by atoms with Gasteiger partial charge in [0.25, 0.3) is 0 Å². The third-order valence-electron chi connectivity index (χ3n) is 11.5. The van der Waals surface area contributed by atoms with E-state index in [9.17, 15) is 0 Å². The number of nitrogens with zero attached hydrogens (tertiary/aromatic N) is 3. The van der Waals surface area contributed by atoms with Crippen molar-refractivity contribution in [2.45, 2.75) is 0 Å². The fourth-order valence-electron chi connectivity index (χ4n) is 8.46. The van der Waals surface area contributed by atoms with E-state index in [0.717, 1.165) is 83.1 Å². The number of hydrogen-bond donors (Lipinski definition) is 0. The van der Waals surface area contributed by atoms with Crippen molar-refractivity contribution in [2.75, 3.05) is 0 Å². The topological polar surface area (TPSA) is 57.0 Å². The van der Waals surface area contributed by atoms with Gasteiger partial charge in [-0.25, -0.2) is 9.97 Å². The van der Waals surface area contributed by atoms with Gasteiger partial charge < -0.3 is 13.4 Å². The molecule has 0 saturated carbocycles. The summed E-state index contributed by atoms with van der Waals surface area (Å²) < 4.78 is 15.2. The third-order valence-corrected chi connectivity index (χ3v) is 11.5. The van der Waals surface area contributed by atoms with Crippen LogP contribution >= 0.6 is 0 Å². The molecule has 12 rings (SSSR count). The van der Waals surface area contributed by atoms with Crippen LogP contribution in [0.1, 0.15) is 0 Å². The molecule has 0 aliphatic heterocycles. The summed E-state index contributed by atoms with van der Waals surface area (Å²) in [5.41, 5.74) is 15.0. The van der Waals surface area contributed by atoms with Gasteiger partial charge in [-0.1, -0.05) is 121 Å². The molecule has 0 N–H and O–H groups in total. The minimum atomic E-state index is 0.581. The van der Waals surface area contributed by atoms with E-state index in [0.29, 0.717) is 11.8 Å². The molecule has 0 unspecified atom stereocenters. The van der Waals surface area contributed by atoms with Crippen LogP contribution in [-0.4, -0.2) is 14.5 Å². The van der Waals surface area contributed by atoms with Crippen molar-refractivity contribution in [3.05, 3.63) is 200 Å². The fraction of sp³-hybridized carbons (Fsp3) is 0. The second-order valence-electron chi connectivity index (χ2n) is 15.0. The molecular weight excluding hydrogens is 723 g/mol. The van der Waals surface area contributed by atoms with Gasteiger partial charge in [0.2, 0.25) is 11.8 Å². The zero-order valence-electron chi connectivity index (χ0n) is 31.7. The molecule has 0 fully saturated rings. The molecule has 9 aromatic carbocycles. The van der Waals surface area contributed by atoms with Crippen molar-refractivity contribution in [2.24, 2.45) is 0 Å². The summed E-state index contributed by atoms with van der Waals surface area (Å²) in [6, 6.07) is 70.0. The lowest BCUT2D eigenvalue weighted by molar-refractivity contribution is 0.619. The number of benzene rings is 9. The zero-order chi connectivity index (χ0) is 38.9. The Morgan fingerprint density at radius 1 is 0.322 bits per heavy atom. The highest BCUT2D eigenvalue weighted by molar-refractivity contribution is 6.11. The molecule has 12 aromatic rings. The molecule has 0 radical (unpaired) electrons. The van der Waals surface area contributed by atoms with Gasteiger partial charge in [-0.2, -0.15) is 0 Å². The number of oxazole rings is 2. The van der Waals surface area contributed by atoms with Crippen molar-refractivity contribution in [1.29, 1.82) is 0 Å². The van der Waals surface area contributed by atoms with Gasteiger partial charge in [-0.05, 0) is 123 Å². The van der Waals surface area contributed by atoms with E-state index in [1.165, 1.54) is 21.9 Å². The molecule has 59 heavy (non-hydrogen) atoms. The Morgan fingerprint density at radius 3 is 1.53 bits per heavy atom. The summed E-state index contributed by atoms with van der Waals surface area (Å²) in [4.78, 5) is 9.95. The Balaban J connectivity index is 0.991. The van der Waals surface area contributed by atoms with Crippen LogP contribution in [0.3, 0.4) is 0 Å². The van der Waals surface area contributed by atoms with E-state index in [-0.39, 0.29) is 0 Å². The summed E-state index contributed by atoms with van der Waals surface area (Å²) in [7, 11) is 0. The van der Waals surface area contributed by atoms with Gasteiger partial charge >= 0.3 is 0 Å². The average Bonchev–Trinajstić information content (AvgIpc) is 4.03. The molecule has 3 aromatic heterocycles. The standard InChI is InChI=1S/C54H33N3O2/c1-3-9-34(10-4-1)40-22-28-51-48(32-40)56-54(58-51)43-21-27-50-46(31-43)45-30-42(53-55-47-25-19-41(33-52(47)59-53)35-11-5-2-6-12-35)20-26-49(45)57(50)44-23-17-37(18-24-44)39-16-15-36-13-7-8-14-38(36)29-39/h1-33H. The monoisotopic (exact) mass is 755 g/mol. The first kappa shape index (κ1) is 33.2. The largest absolute Gasteiger partial charge is 0.436 e. The highest BCUT2D eigenvalue weighted by Crippen LogP contribution is 2.39. The molecular formula is C54H33N3O2. The molecule has 0 spiro atoms. The summed E-state index contributed by atoms with van der Waals surface area (Å²) in [6.07, 6.45) is 0. The molecule has 0 atom stereocenters. The van der Waals surface area contributed by atoms with E-state index < -0.39 is 0 Å². The molecule has 276 valence electrons. The van der Waals surface area contributed by atoms with Crippen molar-refractivity contribution < 1.29 is 8.83 Å². The highest BCUT2D eigenvalue weighted by Gasteiger charge is 2.19. The smallest absolute Gasteiger partial charge is 0.227 e. The van der Waals surface area contributed by atoms with Crippen molar-refractivity contribution in [1.82, 2.24) is 14.5 Å². The lowest BCUT2D eigenvalue weighted by Gasteiger charge is -2.10. The molecule has 0 amide bonds. The van der Waals surface area contributed by atoms with E-state index in [2.05, 4.69) is 168 Å². The first-order valence-electron chi connectivity index (χ1n) is 19.8. The molecule has 0 aliphatic carbocycles. The van der Waals surface area contributed by atoms with Crippen LogP contribution in [0.25, 0.3) is 117 Å². The van der Waals surface area contributed by atoms with Crippen molar-refractivity contribution in [3.8, 4) is 62.0 Å². The Labute approximate surface area is 339 Å². The Bertz CT molecular complexity index is 3370. The summed E-state index contributed by atoms with van der Waals surface area (Å²) in [6.45, 7) is 0. The lowest BCUT2D eigenvalue weighted by atomic mass is 10.0. The zero-order valence-corrected chi connectivity index (χ0v) is 31.7. The SMILES string of the molecule is c1ccc(-c2ccc3oc(-c4ccc5c(c4)c4cc(-c6nc7ccc(-c8ccccc8)cc7o6)ccc4n5-c4ccc(-c5ccc6ccccc6c5)cc4)nc3c2)cc1. The lowest BCUT2D eigenvalue weighted by Crippen LogP contribution is -1.94. The normalized spacial score (nSPS) is 11.7. The maximum absolute atomic E-state index is 6.48. The predicted octanol–water partition coefficient (Wildman–Crippen LogP) is 14.6. The van der Waals surface area contributed by atoms with Crippen LogP contribution in [0, 0.1) is 0 Å². The Morgan fingerprint density at radius 2 is 0.831 bits per heavy atom. The first-order valence-corrected chi connectivity index (χ1v) is 19.8. The maximum Gasteiger partial charge on any atom is 0.227 e. The highest BCUT2D eigenvalue weighted by atomic mass is 16.4. The van der Waals surface area contributed by atoms with Crippen LogP contribution in [0.5, 0.6) is 0 Å². The predicted molar refractivity (Wildman–Crippen MR) is 241 cm³/mol. The molecule has 5 nitrogen and oxygen atoms in total. The first-order chi connectivity index (χ1) is 29.2. The molecule has 0 bridgehead atoms. The van der Waals surface area contributed by atoms with E-state index in [4.69, 9.17) is 18.8 Å². The third kappa shape index (κ3) is 5.71. The van der Waals surface area contributed by atoms with E-state index >= 15 is 0 Å². The van der Waals surface area contributed by atoms with Crippen LogP contribution in [-0.2, 0) is 0 Å². The number of fused-ring (bicyclic) bond motifs is 6.